The number of pyridine rings is 2. The van der Waals surface area contributed by atoms with E-state index in [1.165, 1.54) is 11.1 Å². The molecule has 8 heteroatoms. The lowest BCUT2D eigenvalue weighted by atomic mass is 9.96. The Morgan fingerprint density at radius 1 is 1.03 bits per heavy atom. The van der Waals surface area contributed by atoms with E-state index in [2.05, 4.69) is 45.4 Å². The topological polar surface area (TPSA) is 98.8 Å². The summed E-state index contributed by atoms with van der Waals surface area (Å²) >= 11 is 6.10. The Bertz CT molecular complexity index is 1550. The number of aryl methyl sites for hydroxylation is 2. The van der Waals surface area contributed by atoms with Gasteiger partial charge in [0, 0.05) is 35.8 Å². The van der Waals surface area contributed by atoms with Gasteiger partial charge in [0.15, 0.2) is 5.82 Å². The van der Waals surface area contributed by atoms with Gasteiger partial charge in [-0.1, -0.05) is 17.7 Å². The minimum Gasteiger partial charge on any atom is -0.484 e. The number of nitrogens with zero attached hydrogens (tertiary/aromatic N) is 4. The SMILES string of the molecule is Cc1cc2c(N)nccc2c(C)c1CNc1cc(OC(C)c2ccc3ncc(Cl)cc3c2)cnn1. The molecule has 176 valence electrons. The molecule has 0 fully saturated rings. The number of nitrogens with one attached hydrogen (secondary N) is 1. The number of aromatic nitrogens is 4. The van der Waals surface area contributed by atoms with E-state index in [1.54, 1.807) is 18.6 Å². The van der Waals surface area contributed by atoms with E-state index in [0.29, 0.717) is 29.0 Å². The summed E-state index contributed by atoms with van der Waals surface area (Å²) in [7, 11) is 0. The minimum atomic E-state index is -0.195. The third-order valence-electron chi connectivity index (χ3n) is 6.24. The van der Waals surface area contributed by atoms with Crippen molar-refractivity contribution < 1.29 is 4.74 Å². The standard InChI is InChI=1S/C27H25ClN6O/c1-15-8-23-22(6-7-30-27(23)29)16(2)24(15)14-32-26-11-21(13-33-34-26)35-17(3)18-4-5-25-19(9-18)10-20(28)12-31-25/h4-13,17H,14H2,1-3H3,(H2,29,30)(H,32,34). The molecule has 3 aromatic heterocycles. The molecule has 0 saturated heterocycles. The lowest BCUT2D eigenvalue weighted by molar-refractivity contribution is 0.226. The van der Waals surface area contributed by atoms with Crippen LogP contribution in [0.15, 0.2) is 61.1 Å². The number of ether oxygens (including phenoxy) is 1. The van der Waals surface area contributed by atoms with Gasteiger partial charge in [-0.25, -0.2) is 4.98 Å². The van der Waals surface area contributed by atoms with Crippen LogP contribution in [0.4, 0.5) is 11.6 Å². The summed E-state index contributed by atoms with van der Waals surface area (Å²) in [4.78, 5) is 8.55. The van der Waals surface area contributed by atoms with Crippen molar-refractivity contribution in [2.45, 2.75) is 33.4 Å². The molecule has 2 aromatic carbocycles. The van der Waals surface area contributed by atoms with E-state index in [4.69, 9.17) is 22.1 Å². The first kappa shape index (κ1) is 22.8. The van der Waals surface area contributed by atoms with Gasteiger partial charge in [0.1, 0.15) is 17.7 Å². The molecule has 3 heterocycles. The van der Waals surface area contributed by atoms with Crippen LogP contribution in [0.25, 0.3) is 21.7 Å². The quantitative estimate of drug-likeness (QED) is 0.297. The highest BCUT2D eigenvalue weighted by atomic mass is 35.5. The summed E-state index contributed by atoms with van der Waals surface area (Å²) in [5.74, 6) is 1.81. The lowest BCUT2D eigenvalue weighted by Gasteiger charge is -2.17. The summed E-state index contributed by atoms with van der Waals surface area (Å²) in [6, 6.07) is 13.9. The Balaban J connectivity index is 1.33. The molecular formula is C27H25ClN6O. The second-order valence-electron chi connectivity index (χ2n) is 8.58. The van der Waals surface area contributed by atoms with E-state index >= 15 is 0 Å². The minimum absolute atomic E-state index is 0.195. The Morgan fingerprint density at radius 2 is 1.89 bits per heavy atom. The zero-order valence-corrected chi connectivity index (χ0v) is 20.5. The maximum absolute atomic E-state index is 6.17. The molecule has 1 unspecified atom stereocenters. The number of fused-ring (bicyclic) bond motifs is 2. The number of halogens is 1. The number of nitrogen functional groups attached to an aromatic ring is 1. The van der Waals surface area contributed by atoms with E-state index in [0.717, 1.165) is 32.8 Å². The van der Waals surface area contributed by atoms with Gasteiger partial charge in [-0.05, 0) is 78.7 Å². The van der Waals surface area contributed by atoms with Crippen LogP contribution < -0.4 is 15.8 Å². The monoisotopic (exact) mass is 484 g/mol. The molecule has 0 aliphatic carbocycles. The van der Waals surface area contributed by atoms with Crippen LogP contribution in [0.3, 0.4) is 0 Å². The van der Waals surface area contributed by atoms with Crippen LogP contribution in [0.5, 0.6) is 5.75 Å². The van der Waals surface area contributed by atoms with Crippen molar-refractivity contribution in [2.75, 3.05) is 11.1 Å². The summed E-state index contributed by atoms with van der Waals surface area (Å²) in [5, 5.41) is 15.4. The molecule has 0 saturated carbocycles. The summed E-state index contributed by atoms with van der Waals surface area (Å²) in [6.45, 7) is 6.77. The number of rotatable bonds is 6. The molecule has 0 bridgehead atoms. The first-order valence-corrected chi connectivity index (χ1v) is 11.7. The van der Waals surface area contributed by atoms with Crippen LogP contribution in [-0.2, 0) is 6.54 Å². The highest BCUT2D eigenvalue weighted by Gasteiger charge is 2.12. The lowest BCUT2D eigenvalue weighted by Crippen LogP contribution is -2.08. The molecule has 1 atom stereocenters. The van der Waals surface area contributed by atoms with Crippen molar-refractivity contribution in [3.05, 3.63) is 88.3 Å². The second-order valence-corrected chi connectivity index (χ2v) is 9.02. The fourth-order valence-electron chi connectivity index (χ4n) is 4.33. The maximum Gasteiger partial charge on any atom is 0.152 e. The van der Waals surface area contributed by atoms with Gasteiger partial charge in [0.2, 0.25) is 0 Å². The fraction of sp³-hybridized carbons (Fsp3) is 0.185. The van der Waals surface area contributed by atoms with Crippen molar-refractivity contribution in [1.29, 1.82) is 0 Å². The van der Waals surface area contributed by atoms with Crippen molar-refractivity contribution in [2.24, 2.45) is 0 Å². The predicted molar refractivity (Wildman–Crippen MR) is 141 cm³/mol. The van der Waals surface area contributed by atoms with Gasteiger partial charge in [-0.15, -0.1) is 5.10 Å². The number of hydrogen-bond acceptors (Lipinski definition) is 7. The number of nitrogens with two attached hydrogens (primary N) is 1. The molecule has 5 aromatic rings. The number of benzene rings is 2. The van der Waals surface area contributed by atoms with Gasteiger partial charge in [-0.3, -0.25) is 4.98 Å². The van der Waals surface area contributed by atoms with Gasteiger partial charge < -0.3 is 15.8 Å². The Morgan fingerprint density at radius 3 is 2.74 bits per heavy atom. The average Bonchev–Trinajstić information content (AvgIpc) is 2.84. The summed E-state index contributed by atoms with van der Waals surface area (Å²) in [5.41, 5.74) is 11.5. The molecule has 0 radical (unpaired) electrons. The molecular weight excluding hydrogens is 460 g/mol. The van der Waals surface area contributed by atoms with Crippen molar-refractivity contribution in [3.8, 4) is 5.75 Å². The molecule has 0 spiro atoms. The molecule has 0 aliphatic rings. The van der Waals surface area contributed by atoms with Gasteiger partial charge >= 0.3 is 0 Å². The van der Waals surface area contributed by atoms with Gasteiger partial charge in [0.25, 0.3) is 0 Å². The van der Waals surface area contributed by atoms with E-state index in [9.17, 15) is 0 Å². The maximum atomic E-state index is 6.17. The first-order valence-electron chi connectivity index (χ1n) is 11.3. The predicted octanol–water partition coefficient (Wildman–Crippen LogP) is 6.18. The fourth-order valence-corrected chi connectivity index (χ4v) is 4.50. The Kier molecular flexibility index (Phi) is 6.09. The molecule has 3 N–H and O–H groups in total. The second kappa shape index (κ2) is 9.35. The van der Waals surface area contributed by atoms with Crippen LogP contribution in [0.1, 0.15) is 35.3 Å². The van der Waals surface area contributed by atoms with Crippen molar-refractivity contribution in [1.82, 2.24) is 20.2 Å². The number of anilines is 2. The molecule has 0 amide bonds. The van der Waals surface area contributed by atoms with Crippen LogP contribution >= 0.6 is 11.6 Å². The molecule has 5 rings (SSSR count). The van der Waals surface area contributed by atoms with Gasteiger partial charge in [-0.2, -0.15) is 5.10 Å². The third kappa shape index (κ3) is 4.68. The molecule has 0 aliphatic heterocycles. The highest BCUT2D eigenvalue weighted by Crippen LogP contribution is 2.29. The van der Waals surface area contributed by atoms with E-state index in [-0.39, 0.29) is 6.10 Å². The van der Waals surface area contributed by atoms with Crippen LogP contribution in [0.2, 0.25) is 5.02 Å². The largest absolute Gasteiger partial charge is 0.484 e. The first-order chi connectivity index (χ1) is 16.9. The molecule has 35 heavy (non-hydrogen) atoms. The van der Waals surface area contributed by atoms with Crippen LogP contribution in [0, 0.1) is 13.8 Å². The number of hydrogen-bond donors (Lipinski definition) is 2. The summed E-state index contributed by atoms with van der Waals surface area (Å²) < 4.78 is 6.17. The van der Waals surface area contributed by atoms with Crippen molar-refractivity contribution >= 4 is 44.9 Å². The van der Waals surface area contributed by atoms with Crippen molar-refractivity contribution in [3.63, 3.8) is 0 Å². The Labute approximate surface area is 208 Å². The summed E-state index contributed by atoms with van der Waals surface area (Å²) in [6.07, 6.45) is 4.81. The normalized spacial score (nSPS) is 12.1. The van der Waals surface area contributed by atoms with E-state index in [1.807, 2.05) is 43.3 Å². The smallest absolute Gasteiger partial charge is 0.152 e. The average molecular weight is 485 g/mol. The molecule has 7 nitrogen and oxygen atoms in total. The van der Waals surface area contributed by atoms with Crippen LogP contribution in [-0.4, -0.2) is 20.2 Å². The third-order valence-corrected chi connectivity index (χ3v) is 6.45. The van der Waals surface area contributed by atoms with Gasteiger partial charge in [0.05, 0.1) is 16.7 Å². The highest BCUT2D eigenvalue weighted by molar-refractivity contribution is 6.31. The zero-order valence-electron chi connectivity index (χ0n) is 19.7. The Hall–Kier alpha value is -3.97. The zero-order chi connectivity index (χ0) is 24.5. The van der Waals surface area contributed by atoms with E-state index < -0.39 is 0 Å².